The van der Waals surface area contributed by atoms with Crippen molar-refractivity contribution in [2.45, 2.75) is 174 Å². The molecule has 0 aromatic heterocycles. The number of carbonyl (C=O) groups is 2. The Morgan fingerprint density at radius 1 is 0.633 bits per heavy atom. The van der Waals surface area contributed by atoms with Crippen LogP contribution in [0.1, 0.15) is 168 Å². The van der Waals surface area contributed by atoms with Gasteiger partial charge in [-0.3, -0.25) is 18.6 Å². The zero-order valence-electron chi connectivity index (χ0n) is 31.1. The molecule has 0 fully saturated rings. The third-order valence-corrected chi connectivity index (χ3v) is 9.03. The molecule has 49 heavy (non-hydrogen) atoms. The Labute approximate surface area is 299 Å². The van der Waals surface area contributed by atoms with E-state index in [4.69, 9.17) is 13.8 Å². The molecule has 286 valence electrons. The van der Waals surface area contributed by atoms with E-state index in [1.807, 2.05) is 0 Å². The topological polar surface area (TPSA) is 131 Å². The van der Waals surface area contributed by atoms with Crippen LogP contribution in [-0.2, 0) is 27.9 Å². The van der Waals surface area contributed by atoms with E-state index in [1.54, 1.807) is 0 Å². The van der Waals surface area contributed by atoms with Gasteiger partial charge in [-0.1, -0.05) is 121 Å². The van der Waals surface area contributed by atoms with Crippen molar-refractivity contribution in [3.8, 4) is 0 Å². The Morgan fingerprint density at radius 2 is 1.10 bits per heavy atom. The molecular weight excluding hydrogens is 641 g/mol. The molecule has 0 aliphatic rings. The van der Waals surface area contributed by atoms with Crippen LogP contribution in [-0.4, -0.2) is 54.3 Å². The number of rotatable bonds is 36. The molecule has 2 unspecified atom stereocenters. The third kappa shape index (κ3) is 37.3. The number of aliphatic hydroxyl groups excluding tert-OH is 1. The van der Waals surface area contributed by atoms with Gasteiger partial charge in [0.25, 0.3) is 0 Å². The first kappa shape index (κ1) is 47.2. The van der Waals surface area contributed by atoms with E-state index in [1.165, 1.54) is 57.8 Å². The van der Waals surface area contributed by atoms with Gasteiger partial charge in [-0.05, 0) is 70.6 Å². The van der Waals surface area contributed by atoms with Crippen LogP contribution in [0.4, 0.5) is 0 Å². The van der Waals surface area contributed by atoms with E-state index in [0.717, 1.165) is 83.5 Å². The number of hydrogen-bond donors (Lipinski definition) is 3. The molecule has 0 aromatic carbocycles. The highest BCUT2D eigenvalue weighted by Gasteiger charge is 2.23. The minimum absolute atomic E-state index is 0.0729. The number of phosphoric ester groups is 1. The summed E-state index contributed by atoms with van der Waals surface area (Å²) in [4.78, 5) is 33.7. The average molecular weight is 714 g/mol. The van der Waals surface area contributed by atoms with Crippen LogP contribution in [0.15, 0.2) is 36.5 Å². The van der Waals surface area contributed by atoms with Crippen molar-refractivity contribution in [1.82, 2.24) is 5.32 Å². The molecule has 0 bridgehead atoms. The van der Waals surface area contributed by atoms with Crippen molar-refractivity contribution in [2.75, 3.05) is 26.4 Å². The summed E-state index contributed by atoms with van der Waals surface area (Å²) in [5.74, 6) is -0.542. The van der Waals surface area contributed by atoms with Gasteiger partial charge in [-0.25, -0.2) is 4.57 Å². The van der Waals surface area contributed by atoms with Crippen molar-refractivity contribution < 1.29 is 37.9 Å². The number of phosphoric acid groups is 1. The molecule has 2 atom stereocenters. The summed E-state index contributed by atoms with van der Waals surface area (Å²) < 4.78 is 26.7. The molecule has 0 spiro atoms. The van der Waals surface area contributed by atoms with Crippen LogP contribution in [0.3, 0.4) is 0 Å². The highest BCUT2D eigenvalue weighted by atomic mass is 31.2. The van der Waals surface area contributed by atoms with Crippen LogP contribution < -0.4 is 5.32 Å². The van der Waals surface area contributed by atoms with E-state index in [-0.39, 0.29) is 32.1 Å². The Hall–Kier alpha value is -1.77. The Morgan fingerprint density at radius 3 is 1.69 bits per heavy atom. The molecule has 0 aliphatic heterocycles. The second-order valence-corrected chi connectivity index (χ2v) is 14.3. The van der Waals surface area contributed by atoms with Gasteiger partial charge in [0.2, 0.25) is 5.91 Å². The third-order valence-electron chi connectivity index (χ3n) is 8.04. The normalized spacial score (nSPS) is 13.8. The summed E-state index contributed by atoms with van der Waals surface area (Å²) >= 11 is 0. The molecule has 0 radical (unpaired) electrons. The summed E-state index contributed by atoms with van der Waals surface area (Å²) in [6.07, 6.45) is 37.8. The standard InChI is InChI=1S/C39H72NO8P/c1-3-5-7-9-11-13-15-17-18-19-20-21-23-25-27-29-31-38(42)40-33-34-47-49(44,45)48-36-37(41)35-46-39(43)32-30-28-26-24-22-16-14-12-10-8-6-4-2/h12-15,18-19,37,41H,3-11,16-17,20-36H2,1-2H3,(H,40,42)(H,44,45)/b14-12-,15-13-,19-18-. The number of amides is 1. The Balaban J connectivity index is 3.65. The van der Waals surface area contributed by atoms with Crippen molar-refractivity contribution in [1.29, 1.82) is 0 Å². The van der Waals surface area contributed by atoms with Gasteiger partial charge in [0.15, 0.2) is 0 Å². The predicted octanol–water partition coefficient (Wildman–Crippen LogP) is 10.2. The number of unbranched alkanes of at least 4 members (excludes halogenated alkanes) is 17. The minimum atomic E-state index is -4.42. The fourth-order valence-electron chi connectivity index (χ4n) is 5.05. The number of aliphatic hydroxyl groups is 1. The lowest BCUT2D eigenvalue weighted by molar-refractivity contribution is -0.147. The van der Waals surface area contributed by atoms with E-state index >= 15 is 0 Å². The largest absolute Gasteiger partial charge is 0.472 e. The summed E-state index contributed by atoms with van der Waals surface area (Å²) in [6, 6.07) is 0. The summed E-state index contributed by atoms with van der Waals surface area (Å²) in [5, 5.41) is 12.6. The van der Waals surface area contributed by atoms with Gasteiger partial charge >= 0.3 is 13.8 Å². The SMILES string of the molecule is CCCCC/C=C\CCCCCCCC(=O)OCC(O)COP(=O)(O)OCCNC(=O)CCCCCCC/C=C\C/C=C\CCCCCC. The summed E-state index contributed by atoms with van der Waals surface area (Å²) in [7, 11) is -4.42. The first-order valence-electron chi connectivity index (χ1n) is 19.5. The number of allylic oxidation sites excluding steroid dienone is 6. The van der Waals surface area contributed by atoms with Crippen LogP contribution in [0, 0.1) is 0 Å². The fourth-order valence-corrected chi connectivity index (χ4v) is 5.81. The zero-order valence-corrected chi connectivity index (χ0v) is 32.0. The molecular formula is C39H72NO8P. The van der Waals surface area contributed by atoms with Gasteiger partial charge in [-0.15, -0.1) is 0 Å². The quantitative estimate of drug-likeness (QED) is 0.0253. The van der Waals surface area contributed by atoms with Gasteiger partial charge in [0.1, 0.15) is 12.7 Å². The molecule has 0 aromatic rings. The molecule has 0 saturated carbocycles. The molecule has 0 saturated heterocycles. The maximum absolute atomic E-state index is 12.0. The first-order valence-corrected chi connectivity index (χ1v) is 21.0. The van der Waals surface area contributed by atoms with Gasteiger partial charge in [0, 0.05) is 19.4 Å². The number of esters is 1. The highest BCUT2D eigenvalue weighted by molar-refractivity contribution is 7.47. The lowest BCUT2D eigenvalue weighted by atomic mass is 10.1. The first-order chi connectivity index (χ1) is 23.8. The monoisotopic (exact) mass is 713 g/mol. The molecule has 3 N–H and O–H groups in total. The molecule has 9 nitrogen and oxygen atoms in total. The number of nitrogens with one attached hydrogen (secondary N) is 1. The van der Waals surface area contributed by atoms with Crippen LogP contribution in [0.5, 0.6) is 0 Å². The molecule has 1 amide bonds. The predicted molar refractivity (Wildman–Crippen MR) is 201 cm³/mol. The second kappa shape index (κ2) is 36.0. The van der Waals surface area contributed by atoms with Crippen molar-refractivity contribution in [3.63, 3.8) is 0 Å². The lowest BCUT2D eigenvalue weighted by Gasteiger charge is -2.15. The van der Waals surface area contributed by atoms with Gasteiger partial charge < -0.3 is 20.1 Å². The zero-order chi connectivity index (χ0) is 36.1. The summed E-state index contributed by atoms with van der Waals surface area (Å²) in [5.41, 5.74) is 0. The maximum atomic E-state index is 12.0. The lowest BCUT2D eigenvalue weighted by Crippen LogP contribution is -2.27. The van der Waals surface area contributed by atoms with E-state index in [9.17, 15) is 24.2 Å². The van der Waals surface area contributed by atoms with Crippen molar-refractivity contribution >= 4 is 19.7 Å². The van der Waals surface area contributed by atoms with Crippen molar-refractivity contribution in [2.24, 2.45) is 0 Å². The summed E-state index contributed by atoms with van der Waals surface area (Å²) in [6.45, 7) is 3.47. The second-order valence-electron chi connectivity index (χ2n) is 12.9. The Bertz CT molecular complexity index is 907. The minimum Gasteiger partial charge on any atom is -0.463 e. The maximum Gasteiger partial charge on any atom is 0.472 e. The number of ether oxygens (including phenoxy) is 1. The Kier molecular flexibility index (Phi) is 34.7. The van der Waals surface area contributed by atoms with Crippen LogP contribution in [0.2, 0.25) is 0 Å². The molecule has 0 rings (SSSR count). The van der Waals surface area contributed by atoms with Gasteiger partial charge in [0.05, 0.1) is 13.2 Å². The molecule has 0 heterocycles. The fraction of sp³-hybridized carbons (Fsp3) is 0.795. The van der Waals surface area contributed by atoms with Crippen LogP contribution in [0.25, 0.3) is 0 Å². The van der Waals surface area contributed by atoms with Gasteiger partial charge in [-0.2, -0.15) is 0 Å². The van der Waals surface area contributed by atoms with E-state index in [2.05, 4.69) is 55.6 Å². The molecule has 0 aliphatic carbocycles. The smallest absolute Gasteiger partial charge is 0.463 e. The van der Waals surface area contributed by atoms with Crippen molar-refractivity contribution in [3.05, 3.63) is 36.5 Å². The number of carbonyl (C=O) groups excluding carboxylic acids is 2. The van der Waals surface area contributed by atoms with E-state index < -0.39 is 26.5 Å². The van der Waals surface area contributed by atoms with Crippen LogP contribution >= 0.6 is 7.82 Å². The van der Waals surface area contributed by atoms with E-state index in [0.29, 0.717) is 6.42 Å². The average Bonchev–Trinajstić information content (AvgIpc) is 3.08. The highest BCUT2D eigenvalue weighted by Crippen LogP contribution is 2.42. The number of hydrogen-bond acceptors (Lipinski definition) is 7. The molecule has 10 heteroatoms.